The molecule has 0 amide bonds. The average molecular weight is 326 g/mol. The number of carboxylic acids is 2. The van der Waals surface area contributed by atoms with E-state index in [1.165, 1.54) is 51.4 Å². The normalized spacial score (nSPS) is 12.6. The van der Waals surface area contributed by atoms with Gasteiger partial charge in [-0.15, -0.1) is 0 Å². The molecule has 0 aromatic rings. The highest BCUT2D eigenvalue weighted by atomic mass is 16.4. The molecule has 4 heteroatoms. The third kappa shape index (κ3) is 15.4. The number of unbranched alkanes of at least 4 members (excludes halogenated alkanes) is 9. The van der Waals surface area contributed by atoms with Gasteiger partial charge in [0.05, 0.1) is 5.92 Å². The molecule has 0 saturated carbocycles. The van der Waals surface area contributed by atoms with Crippen molar-refractivity contribution in [2.45, 2.75) is 90.4 Å². The van der Waals surface area contributed by atoms with Gasteiger partial charge in [0.1, 0.15) is 0 Å². The maximum atomic E-state index is 11.0. The minimum Gasteiger partial charge on any atom is -0.481 e. The molecule has 0 bridgehead atoms. The maximum Gasteiger partial charge on any atom is 0.306 e. The van der Waals surface area contributed by atoms with E-state index in [0.717, 1.165) is 12.8 Å². The number of hydrogen-bond acceptors (Lipinski definition) is 2. The van der Waals surface area contributed by atoms with Crippen LogP contribution in [0.5, 0.6) is 0 Å². The minimum absolute atomic E-state index is 0.0803. The third-order valence-electron chi connectivity index (χ3n) is 4.12. The Bertz CT molecular complexity index is 336. The standard InChI is InChI=1S/C19H34O4/c1-2-3-4-5-6-7-8-9-10-11-12-13-14-17(19(22)23)15-16-18(20)21/h12-13,17H,2-11,14-16H2,1H3,(H,20,21)(H,22,23). The number of carboxylic acid groups (broad SMARTS) is 2. The molecule has 4 nitrogen and oxygen atoms in total. The third-order valence-corrected chi connectivity index (χ3v) is 4.12. The summed E-state index contributed by atoms with van der Waals surface area (Å²) < 4.78 is 0. The van der Waals surface area contributed by atoms with Crippen LogP contribution in [-0.4, -0.2) is 22.2 Å². The summed E-state index contributed by atoms with van der Waals surface area (Å²) in [6.45, 7) is 2.23. The van der Waals surface area contributed by atoms with Gasteiger partial charge in [0, 0.05) is 6.42 Å². The largest absolute Gasteiger partial charge is 0.481 e. The van der Waals surface area contributed by atoms with Crippen molar-refractivity contribution in [3.05, 3.63) is 12.2 Å². The molecule has 0 fully saturated rings. The van der Waals surface area contributed by atoms with Crippen LogP contribution in [0.3, 0.4) is 0 Å². The summed E-state index contributed by atoms with van der Waals surface area (Å²) in [5.74, 6) is -2.42. The van der Waals surface area contributed by atoms with E-state index in [-0.39, 0.29) is 12.8 Å². The van der Waals surface area contributed by atoms with Crippen LogP contribution in [0.1, 0.15) is 90.4 Å². The number of hydrogen-bond donors (Lipinski definition) is 2. The van der Waals surface area contributed by atoms with E-state index < -0.39 is 17.9 Å². The number of aliphatic carboxylic acids is 2. The smallest absolute Gasteiger partial charge is 0.306 e. The van der Waals surface area contributed by atoms with E-state index >= 15 is 0 Å². The number of rotatable bonds is 16. The molecular weight excluding hydrogens is 292 g/mol. The van der Waals surface area contributed by atoms with E-state index in [2.05, 4.69) is 6.92 Å². The zero-order valence-corrected chi connectivity index (χ0v) is 14.6. The van der Waals surface area contributed by atoms with Crippen LogP contribution in [-0.2, 0) is 9.59 Å². The molecule has 23 heavy (non-hydrogen) atoms. The Morgan fingerprint density at radius 1 is 0.870 bits per heavy atom. The zero-order valence-electron chi connectivity index (χ0n) is 14.6. The second-order valence-electron chi connectivity index (χ2n) is 6.29. The molecule has 0 aliphatic rings. The fraction of sp³-hybridized carbons (Fsp3) is 0.789. The Morgan fingerprint density at radius 2 is 1.43 bits per heavy atom. The second kappa shape index (κ2) is 15.6. The Morgan fingerprint density at radius 3 is 1.96 bits per heavy atom. The van der Waals surface area contributed by atoms with Crippen molar-refractivity contribution >= 4 is 11.9 Å². The molecule has 0 spiro atoms. The van der Waals surface area contributed by atoms with Gasteiger partial charge in [-0.2, -0.15) is 0 Å². The summed E-state index contributed by atoms with van der Waals surface area (Å²) in [5, 5.41) is 17.6. The number of allylic oxidation sites excluding steroid dienone is 2. The van der Waals surface area contributed by atoms with Gasteiger partial charge in [0.25, 0.3) is 0 Å². The Balaban J connectivity index is 3.54. The topological polar surface area (TPSA) is 74.6 Å². The minimum atomic E-state index is -0.935. The summed E-state index contributed by atoms with van der Waals surface area (Å²) in [5.41, 5.74) is 0. The van der Waals surface area contributed by atoms with Gasteiger partial charge in [-0.05, 0) is 25.7 Å². The summed E-state index contributed by atoms with van der Waals surface area (Å²) in [6.07, 6.45) is 17.2. The van der Waals surface area contributed by atoms with Gasteiger partial charge >= 0.3 is 11.9 Å². The van der Waals surface area contributed by atoms with E-state index in [1.807, 2.05) is 12.2 Å². The molecule has 0 rings (SSSR count). The fourth-order valence-electron chi connectivity index (χ4n) is 2.59. The highest BCUT2D eigenvalue weighted by Gasteiger charge is 2.16. The summed E-state index contributed by atoms with van der Waals surface area (Å²) in [6, 6.07) is 0. The van der Waals surface area contributed by atoms with Crippen molar-refractivity contribution in [1.82, 2.24) is 0 Å². The Hall–Kier alpha value is -1.32. The molecule has 1 atom stereocenters. The predicted octanol–water partition coefficient (Wildman–Crippen LogP) is 5.42. The van der Waals surface area contributed by atoms with E-state index in [1.54, 1.807) is 0 Å². The lowest BCUT2D eigenvalue weighted by atomic mass is 9.99. The number of carbonyl (C=O) groups is 2. The van der Waals surface area contributed by atoms with Gasteiger partial charge in [-0.25, -0.2) is 0 Å². The second-order valence-corrected chi connectivity index (χ2v) is 6.29. The summed E-state index contributed by atoms with van der Waals surface area (Å²) >= 11 is 0. The van der Waals surface area contributed by atoms with Crippen molar-refractivity contribution in [2.75, 3.05) is 0 Å². The SMILES string of the molecule is CCCCCCCCCCCC=CCC(CCC(=O)O)C(=O)O. The van der Waals surface area contributed by atoms with E-state index in [9.17, 15) is 9.59 Å². The van der Waals surface area contributed by atoms with Crippen LogP contribution in [0.25, 0.3) is 0 Å². The molecule has 134 valence electrons. The van der Waals surface area contributed by atoms with Crippen molar-refractivity contribution < 1.29 is 19.8 Å². The molecule has 0 aromatic carbocycles. The molecule has 0 saturated heterocycles. The van der Waals surface area contributed by atoms with Crippen molar-refractivity contribution in [3.8, 4) is 0 Å². The monoisotopic (exact) mass is 326 g/mol. The van der Waals surface area contributed by atoms with Crippen LogP contribution >= 0.6 is 0 Å². The average Bonchev–Trinajstić information content (AvgIpc) is 2.50. The lowest BCUT2D eigenvalue weighted by molar-refractivity contribution is -0.142. The van der Waals surface area contributed by atoms with Crippen LogP contribution in [0.2, 0.25) is 0 Å². The molecule has 2 N–H and O–H groups in total. The molecule has 0 aliphatic carbocycles. The summed E-state index contributed by atoms with van der Waals surface area (Å²) in [4.78, 5) is 21.5. The van der Waals surface area contributed by atoms with Gasteiger partial charge < -0.3 is 10.2 Å². The quantitative estimate of drug-likeness (QED) is 0.293. The lowest BCUT2D eigenvalue weighted by Gasteiger charge is -2.07. The molecule has 0 heterocycles. The van der Waals surface area contributed by atoms with E-state index in [4.69, 9.17) is 10.2 Å². The maximum absolute atomic E-state index is 11.0. The van der Waals surface area contributed by atoms with Crippen LogP contribution in [0, 0.1) is 5.92 Å². The fourth-order valence-corrected chi connectivity index (χ4v) is 2.59. The Kier molecular flexibility index (Phi) is 14.7. The van der Waals surface area contributed by atoms with Gasteiger partial charge in [-0.3, -0.25) is 9.59 Å². The lowest BCUT2D eigenvalue weighted by Crippen LogP contribution is -2.14. The predicted molar refractivity (Wildman–Crippen MR) is 93.6 cm³/mol. The molecule has 1 unspecified atom stereocenters. The van der Waals surface area contributed by atoms with E-state index in [0.29, 0.717) is 6.42 Å². The van der Waals surface area contributed by atoms with Crippen molar-refractivity contribution in [3.63, 3.8) is 0 Å². The van der Waals surface area contributed by atoms with Crippen LogP contribution < -0.4 is 0 Å². The van der Waals surface area contributed by atoms with Crippen LogP contribution in [0.4, 0.5) is 0 Å². The molecule has 0 radical (unpaired) electrons. The first-order valence-electron chi connectivity index (χ1n) is 9.17. The van der Waals surface area contributed by atoms with Crippen molar-refractivity contribution in [2.24, 2.45) is 5.92 Å². The summed E-state index contributed by atoms with van der Waals surface area (Å²) in [7, 11) is 0. The first-order valence-corrected chi connectivity index (χ1v) is 9.17. The molecule has 0 aromatic heterocycles. The van der Waals surface area contributed by atoms with Gasteiger partial charge in [-0.1, -0.05) is 70.4 Å². The highest BCUT2D eigenvalue weighted by Crippen LogP contribution is 2.14. The molecule has 0 aliphatic heterocycles. The Labute approximate surface area is 141 Å². The zero-order chi connectivity index (χ0) is 17.3. The first-order chi connectivity index (χ1) is 11.1. The highest BCUT2D eigenvalue weighted by molar-refractivity contribution is 5.72. The van der Waals surface area contributed by atoms with Gasteiger partial charge in [0.15, 0.2) is 0 Å². The first kappa shape index (κ1) is 21.7. The van der Waals surface area contributed by atoms with Gasteiger partial charge in [0.2, 0.25) is 0 Å². The van der Waals surface area contributed by atoms with Crippen molar-refractivity contribution in [1.29, 1.82) is 0 Å². The van der Waals surface area contributed by atoms with Crippen LogP contribution in [0.15, 0.2) is 12.2 Å². The molecular formula is C19H34O4.